The van der Waals surface area contributed by atoms with Crippen LogP contribution in [-0.4, -0.2) is 11.7 Å². The third kappa shape index (κ3) is 3.65. The molecule has 3 rings (SSSR count). The van der Waals surface area contributed by atoms with E-state index in [9.17, 15) is 4.79 Å². The average Bonchev–Trinajstić information content (AvgIpc) is 3.05. The predicted molar refractivity (Wildman–Crippen MR) is 88.9 cm³/mol. The fraction of sp³-hybridized carbons (Fsp3) is 0.353. The summed E-state index contributed by atoms with van der Waals surface area (Å²) in [7, 11) is 0. The quantitative estimate of drug-likeness (QED) is 0.766. The second-order valence-electron chi connectivity index (χ2n) is 5.73. The molecule has 1 fully saturated rings. The van der Waals surface area contributed by atoms with Crippen molar-refractivity contribution < 1.29 is 9.21 Å². The topological polar surface area (TPSA) is 68.3 Å². The van der Waals surface area contributed by atoms with E-state index in [0.717, 1.165) is 28.0 Å². The van der Waals surface area contributed by atoms with Crippen molar-refractivity contribution in [2.45, 2.75) is 30.7 Å². The van der Waals surface area contributed by atoms with Crippen LogP contribution in [0.5, 0.6) is 0 Å². The van der Waals surface area contributed by atoms with Crippen LogP contribution in [0.15, 0.2) is 45.7 Å². The normalized spacial score (nSPS) is 19.9. The highest BCUT2D eigenvalue weighted by molar-refractivity contribution is 8.00. The molecule has 1 saturated carbocycles. The Labute approximate surface area is 134 Å². The lowest BCUT2D eigenvalue weighted by Crippen LogP contribution is -2.13. The molecule has 0 spiro atoms. The fourth-order valence-corrected chi connectivity index (χ4v) is 3.25. The summed E-state index contributed by atoms with van der Waals surface area (Å²) in [5.74, 6) is 3.35. The first-order valence-electron chi connectivity index (χ1n) is 7.46. The Hall–Kier alpha value is -1.88. The van der Waals surface area contributed by atoms with E-state index < -0.39 is 0 Å². The Morgan fingerprint density at radius 1 is 1.36 bits per heavy atom. The standard InChI is InChI=1S/C17H20N2O2S/c1-11-8-13(11)15-7-6-12(21-15)9-19-14-4-2-3-5-16(14)22-10-17(18)20/h2-7,11,13,19H,8-10H2,1H3,(H2,18,20). The minimum Gasteiger partial charge on any atom is -0.464 e. The minimum absolute atomic E-state index is 0.281. The first-order valence-corrected chi connectivity index (χ1v) is 8.44. The van der Waals surface area contributed by atoms with Crippen molar-refractivity contribution in [2.75, 3.05) is 11.1 Å². The molecule has 0 radical (unpaired) electrons. The van der Waals surface area contributed by atoms with Crippen LogP contribution in [0.4, 0.5) is 5.69 Å². The van der Waals surface area contributed by atoms with Gasteiger partial charge in [-0.25, -0.2) is 0 Å². The lowest BCUT2D eigenvalue weighted by Gasteiger charge is -2.10. The van der Waals surface area contributed by atoms with E-state index in [2.05, 4.69) is 18.3 Å². The van der Waals surface area contributed by atoms with Crippen molar-refractivity contribution in [1.29, 1.82) is 0 Å². The molecular weight excluding hydrogens is 296 g/mol. The van der Waals surface area contributed by atoms with Crippen LogP contribution in [0.1, 0.15) is 30.8 Å². The molecule has 5 heteroatoms. The number of primary amides is 1. The summed E-state index contributed by atoms with van der Waals surface area (Å²) < 4.78 is 5.89. The van der Waals surface area contributed by atoms with E-state index >= 15 is 0 Å². The summed E-state index contributed by atoms with van der Waals surface area (Å²) in [6.45, 7) is 2.88. The molecule has 1 aromatic heterocycles. The minimum atomic E-state index is -0.311. The Morgan fingerprint density at radius 2 is 2.14 bits per heavy atom. The molecule has 2 aromatic rings. The van der Waals surface area contributed by atoms with Gasteiger partial charge in [-0.1, -0.05) is 19.1 Å². The van der Waals surface area contributed by atoms with Crippen LogP contribution in [0, 0.1) is 5.92 Å². The van der Waals surface area contributed by atoms with Crippen molar-refractivity contribution in [2.24, 2.45) is 11.7 Å². The number of benzene rings is 1. The zero-order valence-electron chi connectivity index (χ0n) is 12.5. The molecule has 1 heterocycles. The van der Waals surface area contributed by atoms with Gasteiger partial charge in [0, 0.05) is 16.5 Å². The SMILES string of the molecule is CC1CC1c1ccc(CNc2ccccc2SCC(N)=O)o1. The number of furan rings is 1. The number of carbonyl (C=O) groups excluding carboxylic acids is 1. The van der Waals surface area contributed by atoms with Gasteiger partial charge >= 0.3 is 0 Å². The largest absolute Gasteiger partial charge is 0.464 e. The maximum Gasteiger partial charge on any atom is 0.227 e. The molecule has 4 nitrogen and oxygen atoms in total. The zero-order chi connectivity index (χ0) is 15.5. The molecule has 0 bridgehead atoms. The van der Waals surface area contributed by atoms with Crippen molar-refractivity contribution in [3.8, 4) is 0 Å². The summed E-state index contributed by atoms with van der Waals surface area (Å²) >= 11 is 1.44. The summed E-state index contributed by atoms with van der Waals surface area (Å²) in [5.41, 5.74) is 6.20. The van der Waals surface area contributed by atoms with Crippen molar-refractivity contribution in [3.63, 3.8) is 0 Å². The highest BCUT2D eigenvalue weighted by Crippen LogP contribution is 2.47. The Kier molecular flexibility index (Phi) is 4.43. The Bertz CT molecular complexity index is 668. The van der Waals surface area contributed by atoms with Gasteiger partial charge < -0.3 is 15.5 Å². The van der Waals surface area contributed by atoms with Crippen LogP contribution in [0.2, 0.25) is 0 Å². The van der Waals surface area contributed by atoms with Crippen LogP contribution in [-0.2, 0) is 11.3 Å². The molecular formula is C17H20N2O2S. The lowest BCUT2D eigenvalue weighted by atomic mass is 10.3. The first-order chi connectivity index (χ1) is 10.6. The monoisotopic (exact) mass is 316 g/mol. The average molecular weight is 316 g/mol. The number of amides is 1. The molecule has 1 aliphatic rings. The number of para-hydroxylation sites is 1. The summed E-state index contributed by atoms with van der Waals surface area (Å²) in [6, 6.07) is 12.0. The van der Waals surface area contributed by atoms with E-state index in [1.165, 1.54) is 18.2 Å². The fourth-order valence-electron chi connectivity index (χ4n) is 2.48. The van der Waals surface area contributed by atoms with Gasteiger partial charge in [0.25, 0.3) is 0 Å². The van der Waals surface area contributed by atoms with E-state index in [-0.39, 0.29) is 11.7 Å². The Balaban J connectivity index is 1.61. The number of hydrogen-bond donors (Lipinski definition) is 2. The number of nitrogens with two attached hydrogens (primary N) is 1. The van der Waals surface area contributed by atoms with Crippen molar-refractivity contribution in [1.82, 2.24) is 0 Å². The van der Waals surface area contributed by atoms with E-state index in [4.69, 9.17) is 10.2 Å². The van der Waals surface area contributed by atoms with Crippen molar-refractivity contribution in [3.05, 3.63) is 47.9 Å². The molecule has 3 N–H and O–H groups in total. The molecule has 0 aliphatic heterocycles. The highest BCUT2D eigenvalue weighted by atomic mass is 32.2. The molecule has 2 atom stereocenters. The smallest absolute Gasteiger partial charge is 0.227 e. The lowest BCUT2D eigenvalue weighted by molar-refractivity contribution is -0.115. The van der Waals surface area contributed by atoms with E-state index in [1.54, 1.807) is 0 Å². The van der Waals surface area contributed by atoms with Crippen LogP contribution in [0.25, 0.3) is 0 Å². The third-order valence-electron chi connectivity index (χ3n) is 3.87. The number of thioether (sulfide) groups is 1. The molecule has 116 valence electrons. The molecule has 1 aromatic carbocycles. The van der Waals surface area contributed by atoms with Crippen LogP contribution in [0.3, 0.4) is 0 Å². The van der Waals surface area contributed by atoms with Gasteiger partial charge in [-0.05, 0) is 36.6 Å². The summed E-state index contributed by atoms with van der Waals surface area (Å²) in [5, 5.41) is 3.37. The maximum atomic E-state index is 10.9. The Morgan fingerprint density at radius 3 is 2.86 bits per heavy atom. The van der Waals surface area contributed by atoms with Crippen LogP contribution >= 0.6 is 11.8 Å². The predicted octanol–water partition coefficient (Wildman–Crippen LogP) is 3.59. The van der Waals surface area contributed by atoms with Gasteiger partial charge in [0.1, 0.15) is 11.5 Å². The van der Waals surface area contributed by atoms with E-state index in [0.29, 0.717) is 12.5 Å². The first kappa shape index (κ1) is 15.0. The number of rotatable bonds is 7. The second kappa shape index (κ2) is 6.48. The zero-order valence-corrected chi connectivity index (χ0v) is 13.4. The van der Waals surface area contributed by atoms with Gasteiger partial charge in [0.15, 0.2) is 0 Å². The number of carbonyl (C=O) groups is 1. The summed E-state index contributed by atoms with van der Waals surface area (Å²) in [6.07, 6.45) is 1.23. The summed E-state index contributed by atoms with van der Waals surface area (Å²) in [4.78, 5) is 11.9. The number of anilines is 1. The molecule has 22 heavy (non-hydrogen) atoms. The van der Waals surface area contributed by atoms with Gasteiger partial charge in [-0.2, -0.15) is 0 Å². The van der Waals surface area contributed by atoms with E-state index in [1.807, 2.05) is 30.3 Å². The molecule has 1 amide bonds. The highest BCUT2D eigenvalue weighted by Gasteiger charge is 2.36. The molecule has 0 saturated heterocycles. The third-order valence-corrected chi connectivity index (χ3v) is 4.96. The van der Waals surface area contributed by atoms with Crippen molar-refractivity contribution >= 4 is 23.4 Å². The number of hydrogen-bond acceptors (Lipinski definition) is 4. The van der Waals surface area contributed by atoms with Gasteiger partial charge in [0.2, 0.25) is 5.91 Å². The van der Waals surface area contributed by atoms with Gasteiger partial charge in [-0.3, -0.25) is 4.79 Å². The van der Waals surface area contributed by atoms with Crippen LogP contribution < -0.4 is 11.1 Å². The second-order valence-corrected chi connectivity index (χ2v) is 6.75. The maximum absolute atomic E-state index is 10.9. The molecule has 1 aliphatic carbocycles. The van der Waals surface area contributed by atoms with Gasteiger partial charge in [-0.15, -0.1) is 11.8 Å². The van der Waals surface area contributed by atoms with Gasteiger partial charge in [0.05, 0.1) is 12.3 Å². The number of nitrogens with one attached hydrogen (secondary N) is 1. The molecule has 2 unspecified atom stereocenters.